The second kappa shape index (κ2) is 2.92. The van der Waals surface area contributed by atoms with Crippen LogP contribution < -0.4 is 0 Å². The van der Waals surface area contributed by atoms with Gasteiger partial charge >= 0.3 is 0 Å². The van der Waals surface area contributed by atoms with E-state index in [9.17, 15) is 9.90 Å². The molecule has 0 spiro atoms. The van der Waals surface area contributed by atoms with E-state index in [2.05, 4.69) is 10.2 Å². The summed E-state index contributed by atoms with van der Waals surface area (Å²) in [5.74, 6) is -0.162. The number of Topliss-reactive ketones (excluding diaryl/α,β-unsaturated/α-hetero) is 1. The van der Waals surface area contributed by atoms with Crippen LogP contribution >= 0.6 is 0 Å². The number of aromatic nitrogens is 3. The third-order valence-corrected chi connectivity index (χ3v) is 2.19. The molecule has 1 fully saturated rings. The fourth-order valence-electron chi connectivity index (χ4n) is 1.24. The van der Waals surface area contributed by atoms with Crippen LogP contribution in [0.15, 0.2) is 6.20 Å². The summed E-state index contributed by atoms with van der Waals surface area (Å²) in [5.41, 5.74) is 0.252. The highest BCUT2D eigenvalue weighted by Gasteiger charge is 2.35. The molecule has 1 aromatic rings. The van der Waals surface area contributed by atoms with Crippen molar-refractivity contribution in [1.29, 1.82) is 0 Å². The molecule has 0 aliphatic heterocycles. The quantitative estimate of drug-likeness (QED) is 0.654. The fraction of sp³-hybridized carbons (Fsp3) is 0.625. The summed E-state index contributed by atoms with van der Waals surface area (Å²) in [6, 6.07) is 0. The predicted molar refractivity (Wildman–Crippen MR) is 44.1 cm³/mol. The molecular weight excluding hydrogens is 170 g/mol. The number of hydrogen-bond acceptors (Lipinski definition) is 4. The number of nitrogens with zero attached hydrogens (tertiary/aromatic N) is 3. The molecule has 1 atom stereocenters. The molecule has 1 aliphatic carbocycles. The second-order valence-electron chi connectivity index (χ2n) is 3.37. The molecule has 1 aromatic heterocycles. The Morgan fingerprint density at radius 2 is 2.46 bits per heavy atom. The highest BCUT2D eigenvalue weighted by atomic mass is 16.3. The van der Waals surface area contributed by atoms with Crippen LogP contribution in [-0.2, 0) is 7.05 Å². The lowest BCUT2D eigenvalue weighted by Crippen LogP contribution is -2.23. The topological polar surface area (TPSA) is 68.0 Å². The fourth-order valence-corrected chi connectivity index (χ4v) is 1.24. The van der Waals surface area contributed by atoms with Crippen molar-refractivity contribution >= 4 is 5.78 Å². The van der Waals surface area contributed by atoms with Gasteiger partial charge in [-0.2, -0.15) is 15.0 Å². The van der Waals surface area contributed by atoms with Crippen LogP contribution in [0.2, 0.25) is 0 Å². The van der Waals surface area contributed by atoms with Gasteiger partial charge in [0.05, 0.1) is 6.20 Å². The van der Waals surface area contributed by atoms with Crippen LogP contribution in [0.1, 0.15) is 23.3 Å². The third kappa shape index (κ3) is 1.60. The summed E-state index contributed by atoms with van der Waals surface area (Å²) < 4.78 is 0. The Balaban J connectivity index is 2.11. The summed E-state index contributed by atoms with van der Waals surface area (Å²) in [6.45, 7) is 0. The summed E-state index contributed by atoms with van der Waals surface area (Å²) in [5, 5.41) is 17.1. The average molecular weight is 181 g/mol. The van der Waals surface area contributed by atoms with Crippen molar-refractivity contribution in [2.45, 2.75) is 18.9 Å². The number of rotatable bonds is 3. The van der Waals surface area contributed by atoms with Crippen molar-refractivity contribution in [3.05, 3.63) is 11.9 Å². The first-order chi connectivity index (χ1) is 6.18. The highest BCUT2D eigenvalue weighted by Crippen LogP contribution is 2.33. The summed E-state index contributed by atoms with van der Waals surface area (Å²) in [4.78, 5) is 12.8. The van der Waals surface area contributed by atoms with Crippen LogP contribution in [-0.4, -0.2) is 32.0 Å². The first kappa shape index (κ1) is 8.37. The van der Waals surface area contributed by atoms with Gasteiger partial charge in [-0.25, -0.2) is 0 Å². The molecule has 0 radical (unpaired) electrons. The smallest absolute Gasteiger partial charge is 0.213 e. The molecule has 0 amide bonds. The molecule has 1 aliphatic rings. The van der Waals surface area contributed by atoms with Gasteiger partial charge in [0.1, 0.15) is 6.10 Å². The van der Waals surface area contributed by atoms with E-state index >= 15 is 0 Å². The molecule has 1 N–H and O–H groups in total. The molecular formula is C8H11N3O2. The van der Waals surface area contributed by atoms with Gasteiger partial charge in [-0.3, -0.25) is 4.79 Å². The van der Waals surface area contributed by atoms with Crippen molar-refractivity contribution in [3.8, 4) is 0 Å². The highest BCUT2D eigenvalue weighted by molar-refractivity contribution is 5.97. The number of aliphatic hydroxyl groups excluding tert-OH is 1. The summed E-state index contributed by atoms with van der Waals surface area (Å²) >= 11 is 0. The van der Waals surface area contributed by atoms with Crippen molar-refractivity contribution in [2.24, 2.45) is 13.0 Å². The molecule has 1 heterocycles. The van der Waals surface area contributed by atoms with Crippen LogP contribution in [0.4, 0.5) is 0 Å². The van der Waals surface area contributed by atoms with Gasteiger partial charge in [-0.05, 0) is 18.8 Å². The van der Waals surface area contributed by atoms with Crippen LogP contribution in [0.25, 0.3) is 0 Å². The van der Waals surface area contributed by atoms with Crippen LogP contribution in [0, 0.1) is 5.92 Å². The molecule has 0 bridgehead atoms. The Morgan fingerprint density at radius 3 is 2.92 bits per heavy atom. The van der Waals surface area contributed by atoms with E-state index in [4.69, 9.17) is 0 Å². The Bertz CT molecular complexity index is 330. The van der Waals surface area contributed by atoms with Gasteiger partial charge in [0.15, 0.2) is 5.69 Å². The van der Waals surface area contributed by atoms with Gasteiger partial charge in [0, 0.05) is 7.05 Å². The normalized spacial score (nSPS) is 18.6. The number of hydrogen-bond donors (Lipinski definition) is 1. The molecule has 0 saturated heterocycles. The largest absolute Gasteiger partial charge is 0.385 e. The molecule has 13 heavy (non-hydrogen) atoms. The monoisotopic (exact) mass is 181 g/mol. The summed E-state index contributed by atoms with van der Waals surface area (Å²) in [6.07, 6.45) is 2.38. The molecule has 70 valence electrons. The lowest BCUT2D eigenvalue weighted by Gasteiger charge is -2.03. The zero-order valence-corrected chi connectivity index (χ0v) is 7.34. The average Bonchev–Trinajstić information content (AvgIpc) is 2.87. The molecule has 5 heteroatoms. The van der Waals surface area contributed by atoms with Crippen molar-refractivity contribution in [2.75, 3.05) is 0 Å². The van der Waals surface area contributed by atoms with Gasteiger partial charge in [0.25, 0.3) is 0 Å². The molecule has 1 unspecified atom stereocenters. The zero-order chi connectivity index (χ0) is 9.42. The van der Waals surface area contributed by atoms with Gasteiger partial charge < -0.3 is 5.11 Å². The van der Waals surface area contributed by atoms with Crippen molar-refractivity contribution in [1.82, 2.24) is 15.0 Å². The minimum atomic E-state index is -0.878. The Kier molecular flexibility index (Phi) is 1.88. The first-order valence-electron chi connectivity index (χ1n) is 4.27. The summed E-state index contributed by atoms with van der Waals surface area (Å²) in [7, 11) is 1.64. The van der Waals surface area contributed by atoms with E-state index in [1.807, 2.05) is 0 Å². The molecule has 5 nitrogen and oxygen atoms in total. The van der Waals surface area contributed by atoms with E-state index in [1.54, 1.807) is 7.05 Å². The Labute approximate surface area is 75.4 Å². The SMILES string of the molecule is Cn1ncc(C(=O)C(O)C2CC2)n1. The number of carbonyl (C=O) groups excluding carboxylic acids is 1. The lowest BCUT2D eigenvalue weighted by atomic mass is 10.1. The Hall–Kier alpha value is -1.23. The number of carbonyl (C=O) groups is 1. The maximum absolute atomic E-state index is 11.5. The van der Waals surface area contributed by atoms with E-state index in [-0.39, 0.29) is 17.4 Å². The van der Waals surface area contributed by atoms with Gasteiger partial charge in [-0.15, -0.1) is 0 Å². The molecule has 1 saturated carbocycles. The van der Waals surface area contributed by atoms with E-state index in [1.165, 1.54) is 11.0 Å². The maximum Gasteiger partial charge on any atom is 0.213 e. The van der Waals surface area contributed by atoms with E-state index in [0.717, 1.165) is 12.8 Å². The zero-order valence-electron chi connectivity index (χ0n) is 7.34. The standard InChI is InChI=1S/C8H11N3O2/c1-11-9-4-6(10-11)8(13)7(12)5-2-3-5/h4-5,7,12H,2-3H2,1H3. The van der Waals surface area contributed by atoms with E-state index < -0.39 is 6.10 Å². The predicted octanol–water partition coefficient (Wildman–Crippen LogP) is -0.231. The maximum atomic E-state index is 11.5. The number of aryl methyl sites for hydroxylation is 1. The number of ketones is 1. The van der Waals surface area contributed by atoms with Crippen molar-refractivity contribution in [3.63, 3.8) is 0 Å². The van der Waals surface area contributed by atoms with Crippen LogP contribution in [0.5, 0.6) is 0 Å². The number of aliphatic hydroxyl groups is 1. The third-order valence-electron chi connectivity index (χ3n) is 2.19. The van der Waals surface area contributed by atoms with E-state index in [0.29, 0.717) is 0 Å². The minimum Gasteiger partial charge on any atom is -0.385 e. The first-order valence-corrected chi connectivity index (χ1v) is 4.27. The second-order valence-corrected chi connectivity index (χ2v) is 3.37. The molecule has 2 rings (SSSR count). The van der Waals surface area contributed by atoms with Crippen LogP contribution in [0.3, 0.4) is 0 Å². The molecule has 0 aromatic carbocycles. The van der Waals surface area contributed by atoms with Crippen molar-refractivity contribution < 1.29 is 9.90 Å². The van der Waals surface area contributed by atoms with Gasteiger partial charge in [0.2, 0.25) is 5.78 Å². The van der Waals surface area contributed by atoms with Gasteiger partial charge in [-0.1, -0.05) is 0 Å². The minimum absolute atomic E-state index is 0.148. The lowest BCUT2D eigenvalue weighted by molar-refractivity contribution is 0.0698. The Morgan fingerprint density at radius 1 is 1.77 bits per heavy atom.